The highest BCUT2D eigenvalue weighted by Crippen LogP contribution is 2.34. The zero-order valence-corrected chi connectivity index (χ0v) is 11.7. The van der Waals surface area contributed by atoms with Crippen LogP contribution >= 0.6 is 0 Å². The van der Waals surface area contributed by atoms with Crippen molar-refractivity contribution in [2.24, 2.45) is 0 Å². The van der Waals surface area contributed by atoms with Gasteiger partial charge in [-0.15, -0.1) is 0 Å². The van der Waals surface area contributed by atoms with Crippen molar-refractivity contribution in [2.45, 2.75) is 39.0 Å². The maximum atomic E-state index is 3.62. The van der Waals surface area contributed by atoms with Gasteiger partial charge in [0.1, 0.15) is 0 Å². The summed E-state index contributed by atoms with van der Waals surface area (Å²) >= 11 is 0. The van der Waals surface area contributed by atoms with Crippen LogP contribution in [0.15, 0.2) is 42.5 Å². The van der Waals surface area contributed by atoms with Crippen LogP contribution in [0.5, 0.6) is 0 Å². The van der Waals surface area contributed by atoms with Crippen molar-refractivity contribution >= 4 is 21.8 Å². The predicted octanol–water partition coefficient (Wildman–Crippen LogP) is 5.61. The van der Waals surface area contributed by atoms with Gasteiger partial charge in [-0.1, -0.05) is 56.7 Å². The van der Waals surface area contributed by atoms with Gasteiger partial charge in [0.05, 0.1) is 0 Å². The minimum Gasteiger partial charge on any atom is -0.354 e. The molecule has 3 rings (SSSR count). The van der Waals surface area contributed by atoms with Crippen LogP contribution in [0, 0.1) is 0 Å². The zero-order valence-electron chi connectivity index (χ0n) is 11.7. The van der Waals surface area contributed by atoms with Gasteiger partial charge in [-0.05, 0) is 30.4 Å². The monoisotopic (exact) mass is 251 g/mol. The highest BCUT2D eigenvalue weighted by atomic mass is 14.7. The highest BCUT2D eigenvalue weighted by Gasteiger charge is 2.14. The van der Waals surface area contributed by atoms with E-state index >= 15 is 0 Å². The lowest BCUT2D eigenvalue weighted by atomic mass is 9.90. The Kier molecular flexibility index (Phi) is 3.29. The van der Waals surface area contributed by atoms with E-state index in [-0.39, 0.29) is 0 Å². The molecule has 1 heteroatoms. The molecule has 0 amide bonds. The number of fused-ring (bicyclic) bond motifs is 3. The molecule has 0 fully saturated rings. The molecule has 1 N–H and O–H groups in total. The molecule has 1 atom stereocenters. The number of para-hydroxylation sites is 2. The number of hydrogen-bond acceptors (Lipinski definition) is 0. The minimum absolute atomic E-state index is 0.668. The normalized spacial score (nSPS) is 13.2. The van der Waals surface area contributed by atoms with Crippen molar-refractivity contribution in [1.82, 2.24) is 4.98 Å². The van der Waals surface area contributed by atoms with Gasteiger partial charge in [0.15, 0.2) is 0 Å². The average molecular weight is 251 g/mol. The number of rotatable bonds is 4. The molecular formula is C18H21N. The van der Waals surface area contributed by atoms with E-state index in [0.717, 1.165) is 0 Å². The predicted molar refractivity (Wildman–Crippen MR) is 83.7 cm³/mol. The molecular weight excluding hydrogens is 230 g/mol. The number of hydrogen-bond donors (Lipinski definition) is 1. The molecule has 1 heterocycles. The first-order chi connectivity index (χ1) is 9.35. The van der Waals surface area contributed by atoms with Crippen LogP contribution in [-0.2, 0) is 0 Å². The Hall–Kier alpha value is -1.76. The summed E-state index contributed by atoms with van der Waals surface area (Å²) < 4.78 is 0. The van der Waals surface area contributed by atoms with Crippen LogP contribution in [-0.4, -0.2) is 4.98 Å². The molecule has 0 saturated carbocycles. The Morgan fingerprint density at radius 3 is 2.53 bits per heavy atom. The standard InChI is InChI=1S/C18H21N/c1-3-8-13(4-2)14-10-7-11-16-15-9-5-6-12-17(15)19-18(14)16/h5-7,9-13,19H,3-4,8H2,1-2H3. The summed E-state index contributed by atoms with van der Waals surface area (Å²) in [4.78, 5) is 3.62. The molecule has 98 valence electrons. The van der Waals surface area contributed by atoms with E-state index in [2.05, 4.69) is 61.3 Å². The molecule has 0 aliphatic rings. The van der Waals surface area contributed by atoms with E-state index in [1.54, 1.807) is 0 Å². The number of aromatic nitrogens is 1. The summed E-state index contributed by atoms with van der Waals surface area (Å²) in [7, 11) is 0. The maximum Gasteiger partial charge on any atom is 0.0500 e. The van der Waals surface area contributed by atoms with Gasteiger partial charge in [-0.25, -0.2) is 0 Å². The van der Waals surface area contributed by atoms with Gasteiger partial charge in [0.2, 0.25) is 0 Å². The quantitative estimate of drug-likeness (QED) is 0.620. The molecule has 0 saturated heterocycles. The lowest BCUT2D eigenvalue weighted by Gasteiger charge is -2.15. The summed E-state index contributed by atoms with van der Waals surface area (Å²) in [6.45, 7) is 4.57. The average Bonchev–Trinajstić information content (AvgIpc) is 2.83. The Balaban J connectivity index is 2.25. The van der Waals surface area contributed by atoms with E-state index in [9.17, 15) is 0 Å². The Morgan fingerprint density at radius 2 is 1.74 bits per heavy atom. The van der Waals surface area contributed by atoms with Crippen LogP contribution in [0.1, 0.15) is 44.6 Å². The molecule has 0 aliphatic heterocycles. The number of benzene rings is 2. The number of aromatic amines is 1. The second-order valence-electron chi connectivity index (χ2n) is 5.33. The summed E-state index contributed by atoms with van der Waals surface area (Å²) in [6, 6.07) is 15.3. The third-order valence-electron chi connectivity index (χ3n) is 4.14. The molecule has 0 aliphatic carbocycles. The molecule has 1 nitrogen and oxygen atoms in total. The summed E-state index contributed by atoms with van der Waals surface area (Å²) in [5.74, 6) is 0.668. The van der Waals surface area contributed by atoms with Crippen LogP contribution in [0.3, 0.4) is 0 Å². The molecule has 1 aromatic heterocycles. The van der Waals surface area contributed by atoms with Crippen molar-refractivity contribution in [3.63, 3.8) is 0 Å². The first kappa shape index (κ1) is 12.3. The van der Waals surface area contributed by atoms with E-state index in [1.165, 1.54) is 46.6 Å². The first-order valence-electron chi connectivity index (χ1n) is 7.34. The second-order valence-corrected chi connectivity index (χ2v) is 5.33. The fourth-order valence-corrected chi connectivity index (χ4v) is 3.16. The Morgan fingerprint density at radius 1 is 0.947 bits per heavy atom. The van der Waals surface area contributed by atoms with Gasteiger partial charge in [0, 0.05) is 21.8 Å². The SMILES string of the molecule is CCCC(CC)c1cccc2c1[nH]c1ccccc12. The van der Waals surface area contributed by atoms with E-state index in [0.29, 0.717) is 5.92 Å². The molecule has 0 bridgehead atoms. The zero-order chi connectivity index (χ0) is 13.2. The van der Waals surface area contributed by atoms with Crippen molar-refractivity contribution in [3.05, 3.63) is 48.0 Å². The van der Waals surface area contributed by atoms with Gasteiger partial charge in [0.25, 0.3) is 0 Å². The number of H-pyrrole nitrogens is 1. The molecule has 0 radical (unpaired) electrons. The van der Waals surface area contributed by atoms with E-state index in [4.69, 9.17) is 0 Å². The fourth-order valence-electron chi connectivity index (χ4n) is 3.16. The highest BCUT2D eigenvalue weighted by molar-refractivity contribution is 6.08. The van der Waals surface area contributed by atoms with E-state index in [1.807, 2.05) is 0 Å². The van der Waals surface area contributed by atoms with Crippen molar-refractivity contribution in [1.29, 1.82) is 0 Å². The largest absolute Gasteiger partial charge is 0.354 e. The number of nitrogens with one attached hydrogen (secondary N) is 1. The van der Waals surface area contributed by atoms with Gasteiger partial charge in [-0.2, -0.15) is 0 Å². The summed E-state index contributed by atoms with van der Waals surface area (Å²) in [5.41, 5.74) is 4.07. The molecule has 19 heavy (non-hydrogen) atoms. The summed E-state index contributed by atoms with van der Waals surface area (Å²) in [6.07, 6.45) is 3.72. The minimum atomic E-state index is 0.668. The molecule has 3 aromatic rings. The second kappa shape index (κ2) is 5.08. The van der Waals surface area contributed by atoms with Crippen LogP contribution < -0.4 is 0 Å². The van der Waals surface area contributed by atoms with Crippen LogP contribution in [0.2, 0.25) is 0 Å². The first-order valence-corrected chi connectivity index (χ1v) is 7.34. The van der Waals surface area contributed by atoms with Gasteiger partial charge in [-0.3, -0.25) is 0 Å². The van der Waals surface area contributed by atoms with Gasteiger partial charge < -0.3 is 4.98 Å². The maximum absolute atomic E-state index is 3.62. The van der Waals surface area contributed by atoms with Crippen molar-refractivity contribution < 1.29 is 0 Å². The van der Waals surface area contributed by atoms with Crippen molar-refractivity contribution in [2.75, 3.05) is 0 Å². The van der Waals surface area contributed by atoms with Gasteiger partial charge >= 0.3 is 0 Å². The lowest BCUT2D eigenvalue weighted by Crippen LogP contribution is -1.97. The third kappa shape index (κ3) is 2.03. The third-order valence-corrected chi connectivity index (χ3v) is 4.14. The molecule has 2 aromatic carbocycles. The van der Waals surface area contributed by atoms with Crippen LogP contribution in [0.25, 0.3) is 21.8 Å². The summed E-state index contributed by atoms with van der Waals surface area (Å²) in [5, 5.41) is 2.70. The topological polar surface area (TPSA) is 15.8 Å². The smallest absolute Gasteiger partial charge is 0.0500 e. The van der Waals surface area contributed by atoms with Crippen molar-refractivity contribution in [3.8, 4) is 0 Å². The van der Waals surface area contributed by atoms with Crippen LogP contribution in [0.4, 0.5) is 0 Å². The lowest BCUT2D eigenvalue weighted by molar-refractivity contribution is 0.599. The Labute approximate surface area is 114 Å². The molecule has 1 unspecified atom stereocenters. The van der Waals surface area contributed by atoms with E-state index < -0.39 is 0 Å². The Bertz CT molecular complexity index is 693. The fraction of sp³-hybridized carbons (Fsp3) is 0.333. The molecule has 0 spiro atoms.